The van der Waals surface area contributed by atoms with E-state index in [-0.39, 0.29) is 24.5 Å². The maximum atomic E-state index is 12.0. The molecule has 0 radical (unpaired) electrons. The number of aromatic nitrogens is 2. The van der Waals surface area contributed by atoms with E-state index in [0.29, 0.717) is 11.6 Å². The monoisotopic (exact) mass is 253 g/mol. The molecular formula is C13H23N3O2. The second kappa shape index (κ2) is 6.54. The van der Waals surface area contributed by atoms with E-state index in [9.17, 15) is 9.90 Å². The van der Waals surface area contributed by atoms with Gasteiger partial charge in [-0.3, -0.25) is 9.89 Å². The van der Waals surface area contributed by atoms with Gasteiger partial charge in [0.05, 0.1) is 12.6 Å². The van der Waals surface area contributed by atoms with E-state index in [1.165, 1.54) is 0 Å². The van der Waals surface area contributed by atoms with Crippen LogP contribution in [0.1, 0.15) is 56.2 Å². The molecule has 0 fully saturated rings. The summed E-state index contributed by atoms with van der Waals surface area (Å²) < 4.78 is 0. The average molecular weight is 253 g/mol. The fourth-order valence-electron chi connectivity index (χ4n) is 1.64. The molecule has 0 saturated heterocycles. The zero-order chi connectivity index (χ0) is 13.7. The molecule has 5 nitrogen and oxygen atoms in total. The molecular weight excluding hydrogens is 230 g/mol. The standard InChI is InChI=1S/C13H23N3O2/c1-5-9(4)12(7-17)14-13(18)11-6-10(8(2)3)15-16-11/h6,8-9,12,17H,5,7H2,1-4H3,(H,14,18)(H,15,16)/t9-,12-/m1/s1. The van der Waals surface area contributed by atoms with Crippen LogP contribution in [0, 0.1) is 5.92 Å². The van der Waals surface area contributed by atoms with Gasteiger partial charge >= 0.3 is 0 Å². The molecule has 1 aromatic heterocycles. The van der Waals surface area contributed by atoms with E-state index >= 15 is 0 Å². The lowest BCUT2D eigenvalue weighted by molar-refractivity contribution is 0.0886. The number of hydrogen-bond donors (Lipinski definition) is 3. The third kappa shape index (κ3) is 3.57. The average Bonchev–Trinajstić information content (AvgIpc) is 2.84. The number of nitrogens with zero attached hydrogens (tertiary/aromatic N) is 1. The van der Waals surface area contributed by atoms with Gasteiger partial charge in [0.2, 0.25) is 0 Å². The summed E-state index contributed by atoms with van der Waals surface area (Å²) >= 11 is 0. The quantitative estimate of drug-likeness (QED) is 0.721. The minimum absolute atomic E-state index is 0.0534. The molecule has 0 bridgehead atoms. The van der Waals surface area contributed by atoms with Crippen molar-refractivity contribution in [1.29, 1.82) is 0 Å². The number of H-pyrrole nitrogens is 1. The van der Waals surface area contributed by atoms with Crippen molar-refractivity contribution in [1.82, 2.24) is 15.5 Å². The van der Waals surface area contributed by atoms with Crippen molar-refractivity contribution in [2.24, 2.45) is 5.92 Å². The van der Waals surface area contributed by atoms with Gasteiger partial charge in [-0.2, -0.15) is 5.10 Å². The fraction of sp³-hybridized carbons (Fsp3) is 0.692. The van der Waals surface area contributed by atoms with Crippen molar-refractivity contribution in [2.45, 2.75) is 46.1 Å². The molecule has 0 aliphatic carbocycles. The Hall–Kier alpha value is -1.36. The number of carbonyl (C=O) groups is 1. The second-order valence-electron chi connectivity index (χ2n) is 5.01. The molecule has 0 aliphatic rings. The van der Waals surface area contributed by atoms with Crippen LogP contribution in [0.15, 0.2) is 6.07 Å². The molecule has 1 amide bonds. The van der Waals surface area contributed by atoms with Crippen LogP contribution >= 0.6 is 0 Å². The number of aromatic amines is 1. The molecule has 18 heavy (non-hydrogen) atoms. The highest BCUT2D eigenvalue weighted by atomic mass is 16.3. The topological polar surface area (TPSA) is 78.0 Å². The summed E-state index contributed by atoms with van der Waals surface area (Å²) in [6, 6.07) is 1.53. The maximum Gasteiger partial charge on any atom is 0.272 e. The predicted molar refractivity (Wildman–Crippen MR) is 70.5 cm³/mol. The van der Waals surface area contributed by atoms with Gasteiger partial charge in [-0.1, -0.05) is 34.1 Å². The minimum Gasteiger partial charge on any atom is -0.394 e. The van der Waals surface area contributed by atoms with Crippen LogP contribution in [0.25, 0.3) is 0 Å². The van der Waals surface area contributed by atoms with Crippen LogP contribution in [-0.2, 0) is 0 Å². The molecule has 1 rings (SSSR count). The molecule has 1 aromatic rings. The number of hydrogen-bond acceptors (Lipinski definition) is 3. The summed E-state index contributed by atoms with van der Waals surface area (Å²) in [5.74, 6) is 0.308. The largest absolute Gasteiger partial charge is 0.394 e. The first-order valence-electron chi connectivity index (χ1n) is 6.46. The summed E-state index contributed by atoms with van der Waals surface area (Å²) in [5, 5.41) is 18.9. The number of rotatable bonds is 6. The maximum absolute atomic E-state index is 12.0. The molecule has 0 spiro atoms. The van der Waals surface area contributed by atoms with E-state index in [1.807, 2.05) is 27.7 Å². The fourth-order valence-corrected chi connectivity index (χ4v) is 1.64. The normalized spacial score (nSPS) is 14.6. The SMILES string of the molecule is CC[C@@H](C)[C@@H](CO)NC(=O)c1cc(C(C)C)[nH]n1. The highest BCUT2D eigenvalue weighted by molar-refractivity contribution is 5.92. The lowest BCUT2D eigenvalue weighted by Gasteiger charge is -2.21. The van der Waals surface area contributed by atoms with E-state index < -0.39 is 0 Å². The van der Waals surface area contributed by atoms with Gasteiger partial charge in [-0.25, -0.2) is 0 Å². The molecule has 5 heteroatoms. The van der Waals surface area contributed by atoms with Gasteiger partial charge < -0.3 is 10.4 Å². The molecule has 3 N–H and O–H groups in total. The molecule has 0 aliphatic heterocycles. The van der Waals surface area contributed by atoms with E-state index in [4.69, 9.17) is 0 Å². The Labute approximate surface area is 108 Å². The highest BCUT2D eigenvalue weighted by Crippen LogP contribution is 2.13. The smallest absolute Gasteiger partial charge is 0.272 e. The zero-order valence-corrected chi connectivity index (χ0v) is 11.5. The highest BCUT2D eigenvalue weighted by Gasteiger charge is 2.20. The summed E-state index contributed by atoms with van der Waals surface area (Å²) in [6.45, 7) is 8.05. The summed E-state index contributed by atoms with van der Waals surface area (Å²) in [4.78, 5) is 12.0. The molecule has 102 valence electrons. The van der Waals surface area contributed by atoms with Crippen LogP contribution < -0.4 is 5.32 Å². The van der Waals surface area contributed by atoms with Crippen LogP contribution in [0.4, 0.5) is 0 Å². The predicted octanol–water partition coefficient (Wildman–Crippen LogP) is 1.67. The number of aliphatic hydroxyl groups excluding tert-OH is 1. The lowest BCUT2D eigenvalue weighted by Crippen LogP contribution is -2.42. The number of amides is 1. The summed E-state index contributed by atoms with van der Waals surface area (Å²) in [5.41, 5.74) is 1.31. The van der Waals surface area contributed by atoms with Crippen molar-refractivity contribution in [3.05, 3.63) is 17.5 Å². The van der Waals surface area contributed by atoms with Crippen molar-refractivity contribution in [2.75, 3.05) is 6.61 Å². The van der Waals surface area contributed by atoms with Crippen molar-refractivity contribution in [3.63, 3.8) is 0 Å². The van der Waals surface area contributed by atoms with E-state index in [1.54, 1.807) is 6.07 Å². The molecule has 0 aromatic carbocycles. The molecule has 2 atom stereocenters. The van der Waals surface area contributed by atoms with Crippen LogP contribution in [0.2, 0.25) is 0 Å². The Bertz CT molecular complexity index is 387. The Morgan fingerprint density at radius 3 is 2.61 bits per heavy atom. The first-order chi connectivity index (χ1) is 8.49. The number of carbonyl (C=O) groups excluding carboxylic acids is 1. The van der Waals surface area contributed by atoms with Crippen LogP contribution in [0.5, 0.6) is 0 Å². The van der Waals surface area contributed by atoms with Crippen LogP contribution in [0.3, 0.4) is 0 Å². The van der Waals surface area contributed by atoms with Crippen molar-refractivity contribution >= 4 is 5.91 Å². The Kier molecular flexibility index (Phi) is 5.34. The van der Waals surface area contributed by atoms with E-state index in [0.717, 1.165) is 12.1 Å². The first-order valence-corrected chi connectivity index (χ1v) is 6.46. The Balaban J connectivity index is 2.68. The zero-order valence-electron chi connectivity index (χ0n) is 11.5. The third-order valence-electron chi connectivity index (χ3n) is 3.30. The molecule has 0 saturated carbocycles. The minimum atomic E-state index is -0.238. The summed E-state index contributed by atoms with van der Waals surface area (Å²) in [7, 11) is 0. The Morgan fingerprint density at radius 1 is 1.50 bits per heavy atom. The Morgan fingerprint density at radius 2 is 2.17 bits per heavy atom. The lowest BCUT2D eigenvalue weighted by atomic mass is 10.00. The summed E-state index contributed by atoms with van der Waals surface area (Å²) in [6.07, 6.45) is 0.906. The number of aliphatic hydroxyl groups is 1. The third-order valence-corrected chi connectivity index (χ3v) is 3.30. The molecule has 1 heterocycles. The number of nitrogens with one attached hydrogen (secondary N) is 2. The van der Waals surface area contributed by atoms with E-state index in [2.05, 4.69) is 15.5 Å². The second-order valence-corrected chi connectivity index (χ2v) is 5.01. The van der Waals surface area contributed by atoms with Gasteiger partial charge in [-0.15, -0.1) is 0 Å². The van der Waals surface area contributed by atoms with Crippen LogP contribution in [-0.4, -0.2) is 33.9 Å². The van der Waals surface area contributed by atoms with Crippen molar-refractivity contribution < 1.29 is 9.90 Å². The van der Waals surface area contributed by atoms with Gasteiger partial charge in [0.25, 0.3) is 5.91 Å². The van der Waals surface area contributed by atoms with Gasteiger partial charge in [0, 0.05) is 5.69 Å². The van der Waals surface area contributed by atoms with Gasteiger partial charge in [-0.05, 0) is 17.9 Å². The van der Waals surface area contributed by atoms with Crippen molar-refractivity contribution in [3.8, 4) is 0 Å². The molecule has 0 unspecified atom stereocenters. The van der Waals surface area contributed by atoms with Gasteiger partial charge in [0.15, 0.2) is 0 Å². The van der Waals surface area contributed by atoms with Gasteiger partial charge in [0.1, 0.15) is 5.69 Å². The first kappa shape index (κ1) is 14.7.